The Balaban J connectivity index is 2.08. The van der Waals surface area contributed by atoms with E-state index in [1.54, 1.807) is 19.1 Å². The molecule has 0 saturated carbocycles. The molecule has 3 nitrogen and oxygen atoms in total. The predicted molar refractivity (Wildman–Crippen MR) is 78.3 cm³/mol. The number of benzene rings is 2. The quantitative estimate of drug-likeness (QED) is 0.898. The molecule has 0 saturated heterocycles. The second-order valence-corrected chi connectivity index (χ2v) is 4.65. The van der Waals surface area contributed by atoms with E-state index in [2.05, 4.69) is 10.6 Å². The maximum absolute atomic E-state index is 13.4. The van der Waals surface area contributed by atoms with Gasteiger partial charge in [0.15, 0.2) is 0 Å². The lowest BCUT2D eigenvalue weighted by molar-refractivity contribution is 0.102. The van der Waals surface area contributed by atoms with E-state index in [1.807, 2.05) is 31.3 Å². The number of anilines is 1. The Morgan fingerprint density at radius 2 is 1.85 bits per heavy atom. The van der Waals surface area contributed by atoms with Crippen LogP contribution in [0.4, 0.5) is 10.1 Å². The summed E-state index contributed by atoms with van der Waals surface area (Å²) in [5.41, 5.74) is 2.66. The molecule has 0 spiro atoms. The van der Waals surface area contributed by atoms with Crippen LogP contribution in [-0.2, 0) is 6.54 Å². The molecule has 0 aliphatic heterocycles. The molecule has 0 radical (unpaired) electrons. The van der Waals surface area contributed by atoms with Gasteiger partial charge in [0.1, 0.15) is 5.82 Å². The number of amides is 1. The van der Waals surface area contributed by atoms with Crippen LogP contribution in [0.15, 0.2) is 42.5 Å². The van der Waals surface area contributed by atoms with Crippen LogP contribution in [0, 0.1) is 12.7 Å². The van der Waals surface area contributed by atoms with Crippen molar-refractivity contribution in [3.8, 4) is 0 Å². The van der Waals surface area contributed by atoms with Gasteiger partial charge in [-0.15, -0.1) is 0 Å². The summed E-state index contributed by atoms with van der Waals surface area (Å²) in [6, 6.07) is 12.0. The Morgan fingerprint density at radius 3 is 2.45 bits per heavy atom. The molecular formula is C16H17FN2O. The lowest BCUT2D eigenvalue weighted by atomic mass is 10.1. The lowest BCUT2D eigenvalue weighted by Gasteiger charge is -2.07. The Hall–Kier alpha value is -2.20. The Kier molecular flexibility index (Phi) is 4.48. The minimum Gasteiger partial charge on any atom is -0.322 e. The van der Waals surface area contributed by atoms with E-state index >= 15 is 0 Å². The topological polar surface area (TPSA) is 41.1 Å². The summed E-state index contributed by atoms with van der Waals surface area (Å²) < 4.78 is 13.4. The minimum absolute atomic E-state index is 0.312. The van der Waals surface area contributed by atoms with Gasteiger partial charge in [-0.2, -0.15) is 0 Å². The maximum Gasteiger partial charge on any atom is 0.255 e. The highest BCUT2D eigenvalue weighted by Crippen LogP contribution is 2.13. The van der Waals surface area contributed by atoms with Crippen LogP contribution in [0.25, 0.3) is 0 Å². The third-order valence-electron chi connectivity index (χ3n) is 3.03. The highest BCUT2D eigenvalue weighted by molar-refractivity contribution is 6.04. The van der Waals surface area contributed by atoms with Gasteiger partial charge in [0.2, 0.25) is 0 Å². The zero-order valence-corrected chi connectivity index (χ0v) is 11.5. The molecule has 0 atom stereocenters. The molecule has 0 bridgehead atoms. The number of carbonyl (C=O) groups excluding carboxylic acids is 1. The first-order valence-corrected chi connectivity index (χ1v) is 6.41. The molecule has 4 heteroatoms. The van der Waals surface area contributed by atoms with Crippen molar-refractivity contribution in [3.05, 3.63) is 65.0 Å². The molecule has 1 amide bonds. The molecule has 2 N–H and O–H groups in total. The van der Waals surface area contributed by atoms with Crippen LogP contribution in [0.1, 0.15) is 21.5 Å². The zero-order valence-electron chi connectivity index (χ0n) is 11.5. The van der Waals surface area contributed by atoms with Gasteiger partial charge in [-0.05, 0) is 49.4 Å². The lowest BCUT2D eigenvalue weighted by Crippen LogP contribution is -2.12. The van der Waals surface area contributed by atoms with Crippen LogP contribution in [0.3, 0.4) is 0 Å². The third kappa shape index (κ3) is 3.42. The Bertz CT molecular complexity index is 608. The van der Waals surface area contributed by atoms with E-state index in [9.17, 15) is 9.18 Å². The highest BCUT2D eigenvalue weighted by atomic mass is 19.1. The normalized spacial score (nSPS) is 10.3. The molecule has 2 aromatic carbocycles. The van der Waals surface area contributed by atoms with E-state index in [0.717, 1.165) is 12.1 Å². The van der Waals surface area contributed by atoms with Gasteiger partial charge in [0, 0.05) is 17.8 Å². The summed E-state index contributed by atoms with van der Waals surface area (Å²) in [7, 11) is 1.88. The van der Waals surface area contributed by atoms with Crippen LogP contribution in [0.2, 0.25) is 0 Å². The fraction of sp³-hybridized carbons (Fsp3) is 0.188. The monoisotopic (exact) mass is 272 g/mol. The molecule has 2 aromatic rings. The zero-order chi connectivity index (χ0) is 14.5. The number of rotatable bonds is 4. The molecule has 0 fully saturated rings. The summed E-state index contributed by atoms with van der Waals surface area (Å²) in [6.07, 6.45) is 0. The van der Waals surface area contributed by atoms with Crippen LogP contribution in [0.5, 0.6) is 0 Å². The van der Waals surface area contributed by atoms with Gasteiger partial charge in [0.05, 0.1) is 0 Å². The van der Waals surface area contributed by atoms with Gasteiger partial charge < -0.3 is 10.6 Å². The molecular weight excluding hydrogens is 255 g/mol. The molecule has 0 aromatic heterocycles. The summed E-state index contributed by atoms with van der Waals surface area (Å²) >= 11 is 0. The number of nitrogens with one attached hydrogen (secondary N) is 2. The molecule has 2 rings (SSSR count). The SMILES string of the molecule is CNCc1ccc(NC(=O)c2ccc(C)c(F)c2)cc1. The van der Waals surface area contributed by atoms with Gasteiger partial charge in [-0.1, -0.05) is 18.2 Å². The number of halogens is 1. The predicted octanol–water partition coefficient (Wildman–Crippen LogP) is 3.11. The number of hydrogen-bond donors (Lipinski definition) is 2. The summed E-state index contributed by atoms with van der Waals surface area (Å²) in [5, 5.41) is 5.80. The van der Waals surface area contributed by atoms with Crippen molar-refractivity contribution in [1.82, 2.24) is 5.32 Å². The van der Waals surface area contributed by atoms with Gasteiger partial charge in [0.25, 0.3) is 5.91 Å². The number of carbonyl (C=O) groups is 1. The van der Waals surface area contributed by atoms with Crippen molar-refractivity contribution in [1.29, 1.82) is 0 Å². The van der Waals surface area contributed by atoms with Crippen LogP contribution in [-0.4, -0.2) is 13.0 Å². The van der Waals surface area contributed by atoms with E-state index in [-0.39, 0.29) is 11.7 Å². The summed E-state index contributed by atoms with van der Waals surface area (Å²) in [4.78, 5) is 12.0. The minimum atomic E-state index is -0.373. The first-order chi connectivity index (χ1) is 9.60. The smallest absolute Gasteiger partial charge is 0.255 e. The fourth-order valence-electron chi connectivity index (χ4n) is 1.85. The number of hydrogen-bond acceptors (Lipinski definition) is 2. The Labute approximate surface area is 117 Å². The van der Waals surface area contributed by atoms with Crippen molar-refractivity contribution in [2.45, 2.75) is 13.5 Å². The van der Waals surface area contributed by atoms with Crippen molar-refractivity contribution in [2.24, 2.45) is 0 Å². The maximum atomic E-state index is 13.4. The first-order valence-electron chi connectivity index (χ1n) is 6.41. The molecule has 104 valence electrons. The Morgan fingerprint density at radius 1 is 1.15 bits per heavy atom. The second-order valence-electron chi connectivity index (χ2n) is 4.65. The van der Waals surface area contributed by atoms with E-state index in [4.69, 9.17) is 0 Å². The molecule has 0 aliphatic rings. The molecule has 20 heavy (non-hydrogen) atoms. The van der Waals surface area contributed by atoms with Crippen molar-refractivity contribution in [2.75, 3.05) is 12.4 Å². The average Bonchev–Trinajstić information content (AvgIpc) is 2.44. The summed E-state index contributed by atoms with van der Waals surface area (Å²) in [5.74, 6) is -0.688. The molecule has 0 heterocycles. The van der Waals surface area contributed by atoms with Gasteiger partial charge in [-0.3, -0.25) is 4.79 Å². The van der Waals surface area contributed by atoms with E-state index < -0.39 is 0 Å². The summed E-state index contributed by atoms with van der Waals surface area (Å²) in [6.45, 7) is 2.44. The van der Waals surface area contributed by atoms with Crippen molar-refractivity contribution < 1.29 is 9.18 Å². The average molecular weight is 272 g/mol. The fourth-order valence-corrected chi connectivity index (χ4v) is 1.85. The van der Waals surface area contributed by atoms with E-state index in [1.165, 1.54) is 6.07 Å². The number of aryl methyl sites for hydroxylation is 1. The molecule has 0 aliphatic carbocycles. The molecule has 0 unspecified atom stereocenters. The van der Waals surface area contributed by atoms with Crippen LogP contribution < -0.4 is 10.6 Å². The highest BCUT2D eigenvalue weighted by Gasteiger charge is 2.08. The standard InChI is InChI=1S/C16H17FN2O/c1-11-3-6-13(9-15(11)17)16(20)19-14-7-4-12(5-8-14)10-18-2/h3-9,18H,10H2,1-2H3,(H,19,20). The largest absolute Gasteiger partial charge is 0.322 e. The van der Waals surface area contributed by atoms with Crippen molar-refractivity contribution >= 4 is 11.6 Å². The first kappa shape index (κ1) is 14.2. The van der Waals surface area contributed by atoms with Crippen LogP contribution >= 0.6 is 0 Å². The second kappa shape index (κ2) is 6.30. The van der Waals surface area contributed by atoms with Gasteiger partial charge in [-0.25, -0.2) is 4.39 Å². The van der Waals surface area contributed by atoms with Gasteiger partial charge >= 0.3 is 0 Å². The van der Waals surface area contributed by atoms with Crippen molar-refractivity contribution in [3.63, 3.8) is 0 Å². The van der Waals surface area contributed by atoms with E-state index in [0.29, 0.717) is 16.8 Å². The third-order valence-corrected chi connectivity index (χ3v) is 3.03.